The summed E-state index contributed by atoms with van der Waals surface area (Å²) in [6, 6.07) is 12.7. The third-order valence-electron chi connectivity index (χ3n) is 3.72. The first-order valence-electron chi connectivity index (χ1n) is 7.58. The average molecular weight is 359 g/mol. The lowest BCUT2D eigenvalue weighted by Crippen LogP contribution is -2.15. The molecular formula is C18H15F2N3OS. The molecule has 0 N–H and O–H groups in total. The number of benzene rings is 2. The molecule has 0 aliphatic heterocycles. The summed E-state index contributed by atoms with van der Waals surface area (Å²) in [5.74, 6) is -1.62. The zero-order valence-electron chi connectivity index (χ0n) is 13.6. The van der Waals surface area contributed by atoms with E-state index in [1.807, 2.05) is 37.4 Å². The molecule has 128 valence electrons. The minimum atomic E-state index is -1.03. The summed E-state index contributed by atoms with van der Waals surface area (Å²) in [6.45, 7) is 1.70. The first-order valence-corrected chi connectivity index (χ1v) is 8.46. The average Bonchev–Trinajstić information content (AvgIpc) is 2.98. The fourth-order valence-electron chi connectivity index (χ4n) is 2.35. The number of carbonyl (C=O) groups excluding carboxylic acids is 1. The van der Waals surface area contributed by atoms with Crippen molar-refractivity contribution in [3.8, 4) is 11.4 Å². The molecule has 0 bridgehead atoms. The van der Waals surface area contributed by atoms with E-state index in [0.717, 1.165) is 17.7 Å². The summed E-state index contributed by atoms with van der Waals surface area (Å²) in [6.07, 6.45) is 0. The molecule has 1 atom stereocenters. The Morgan fingerprint density at radius 2 is 1.80 bits per heavy atom. The van der Waals surface area contributed by atoms with E-state index >= 15 is 0 Å². The molecule has 0 saturated carbocycles. The zero-order chi connectivity index (χ0) is 18.0. The molecule has 25 heavy (non-hydrogen) atoms. The fourth-order valence-corrected chi connectivity index (χ4v) is 3.24. The highest BCUT2D eigenvalue weighted by Gasteiger charge is 2.21. The zero-order valence-corrected chi connectivity index (χ0v) is 14.4. The first kappa shape index (κ1) is 17.3. The maximum Gasteiger partial charge on any atom is 0.191 e. The van der Waals surface area contributed by atoms with Crippen LogP contribution in [0, 0.1) is 11.6 Å². The van der Waals surface area contributed by atoms with Crippen molar-refractivity contribution in [1.29, 1.82) is 0 Å². The van der Waals surface area contributed by atoms with Crippen molar-refractivity contribution in [3.63, 3.8) is 0 Å². The van der Waals surface area contributed by atoms with Crippen LogP contribution in [0.1, 0.15) is 17.3 Å². The predicted octanol–water partition coefficient (Wildman–Crippen LogP) is 4.12. The van der Waals surface area contributed by atoms with Gasteiger partial charge in [0, 0.05) is 18.2 Å². The van der Waals surface area contributed by atoms with Crippen LogP contribution in [0.3, 0.4) is 0 Å². The summed E-state index contributed by atoms with van der Waals surface area (Å²) in [4.78, 5) is 12.4. The number of aromatic nitrogens is 3. The van der Waals surface area contributed by atoms with Gasteiger partial charge in [0.25, 0.3) is 0 Å². The number of ketones is 1. The Labute approximate surface area is 147 Å². The number of hydrogen-bond acceptors (Lipinski definition) is 4. The van der Waals surface area contributed by atoms with Crippen LogP contribution in [-0.4, -0.2) is 25.8 Å². The maximum absolute atomic E-state index is 13.3. The van der Waals surface area contributed by atoms with Crippen LogP contribution in [0.25, 0.3) is 11.4 Å². The number of Topliss-reactive ketones (excluding diaryl/α,β-unsaturated/α-hetero) is 1. The molecule has 1 aromatic heterocycles. The van der Waals surface area contributed by atoms with E-state index in [2.05, 4.69) is 10.2 Å². The van der Waals surface area contributed by atoms with Gasteiger partial charge in [0.15, 0.2) is 28.4 Å². The Morgan fingerprint density at radius 1 is 1.08 bits per heavy atom. The number of hydrogen-bond donors (Lipinski definition) is 0. The molecule has 0 spiro atoms. The third-order valence-corrected chi connectivity index (χ3v) is 4.86. The molecule has 0 saturated heterocycles. The lowest BCUT2D eigenvalue weighted by atomic mass is 10.1. The number of rotatable bonds is 5. The van der Waals surface area contributed by atoms with Gasteiger partial charge in [-0.1, -0.05) is 42.1 Å². The van der Waals surface area contributed by atoms with E-state index in [4.69, 9.17) is 0 Å². The minimum absolute atomic E-state index is 0.129. The Kier molecular flexibility index (Phi) is 4.94. The van der Waals surface area contributed by atoms with Crippen LogP contribution >= 0.6 is 11.8 Å². The van der Waals surface area contributed by atoms with Crippen LogP contribution in [-0.2, 0) is 7.05 Å². The Bertz CT molecular complexity index is 912. The molecule has 3 aromatic rings. The fraction of sp³-hybridized carbons (Fsp3) is 0.167. The van der Waals surface area contributed by atoms with Crippen molar-refractivity contribution in [3.05, 3.63) is 65.7 Å². The minimum Gasteiger partial charge on any atom is -0.305 e. The molecule has 2 aromatic carbocycles. The molecule has 7 heteroatoms. The Hall–Kier alpha value is -2.54. The van der Waals surface area contributed by atoms with Gasteiger partial charge >= 0.3 is 0 Å². The van der Waals surface area contributed by atoms with E-state index in [9.17, 15) is 13.6 Å². The van der Waals surface area contributed by atoms with E-state index in [-0.39, 0.29) is 11.3 Å². The van der Waals surface area contributed by atoms with Crippen LogP contribution in [0.4, 0.5) is 8.78 Å². The van der Waals surface area contributed by atoms with Crippen LogP contribution in [0.5, 0.6) is 0 Å². The molecule has 0 amide bonds. The Balaban J connectivity index is 1.79. The smallest absolute Gasteiger partial charge is 0.191 e. The molecule has 0 aliphatic carbocycles. The van der Waals surface area contributed by atoms with Crippen molar-refractivity contribution in [2.24, 2.45) is 7.05 Å². The normalized spacial score (nSPS) is 12.2. The second kappa shape index (κ2) is 7.14. The molecule has 1 heterocycles. The van der Waals surface area contributed by atoms with E-state index < -0.39 is 16.9 Å². The summed E-state index contributed by atoms with van der Waals surface area (Å²) in [5, 5.41) is 8.35. The van der Waals surface area contributed by atoms with Gasteiger partial charge in [-0.2, -0.15) is 0 Å². The maximum atomic E-state index is 13.3. The summed E-state index contributed by atoms with van der Waals surface area (Å²) < 4.78 is 28.1. The SMILES string of the molecule is C[C@H](Sc1nnc(-c2ccccc2)n1C)C(=O)c1ccc(F)c(F)c1. The van der Waals surface area contributed by atoms with Crippen LogP contribution < -0.4 is 0 Å². The monoisotopic (exact) mass is 359 g/mol. The van der Waals surface area contributed by atoms with Gasteiger partial charge in [0.2, 0.25) is 0 Å². The van der Waals surface area contributed by atoms with Crippen LogP contribution in [0.2, 0.25) is 0 Å². The highest BCUT2D eigenvalue weighted by atomic mass is 32.2. The van der Waals surface area contributed by atoms with Crippen molar-refractivity contribution in [2.45, 2.75) is 17.3 Å². The van der Waals surface area contributed by atoms with Crippen molar-refractivity contribution < 1.29 is 13.6 Å². The number of halogens is 2. The Morgan fingerprint density at radius 3 is 2.48 bits per heavy atom. The van der Waals surface area contributed by atoms with Gasteiger partial charge < -0.3 is 4.57 Å². The summed E-state index contributed by atoms with van der Waals surface area (Å²) >= 11 is 1.22. The number of nitrogens with zero attached hydrogens (tertiary/aromatic N) is 3. The molecule has 4 nitrogen and oxygen atoms in total. The van der Waals surface area contributed by atoms with E-state index in [1.165, 1.54) is 17.8 Å². The lowest BCUT2D eigenvalue weighted by molar-refractivity contribution is 0.0993. The number of carbonyl (C=O) groups is 1. The quantitative estimate of drug-likeness (QED) is 0.508. The van der Waals surface area contributed by atoms with E-state index in [1.54, 1.807) is 11.5 Å². The predicted molar refractivity (Wildman–Crippen MR) is 92.4 cm³/mol. The third kappa shape index (κ3) is 3.61. The van der Waals surface area contributed by atoms with Crippen molar-refractivity contribution >= 4 is 17.5 Å². The summed E-state index contributed by atoms with van der Waals surface area (Å²) in [5.41, 5.74) is 1.05. The topological polar surface area (TPSA) is 47.8 Å². The number of thioether (sulfide) groups is 1. The highest BCUT2D eigenvalue weighted by molar-refractivity contribution is 8.00. The van der Waals surface area contributed by atoms with Gasteiger partial charge in [0.05, 0.1) is 5.25 Å². The molecule has 3 rings (SSSR count). The first-order chi connectivity index (χ1) is 12.0. The van der Waals surface area contributed by atoms with Gasteiger partial charge in [0.1, 0.15) is 0 Å². The molecular weight excluding hydrogens is 344 g/mol. The van der Waals surface area contributed by atoms with Gasteiger partial charge in [-0.25, -0.2) is 8.78 Å². The molecule has 0 radical (unpaired) electrons. The standard InChI is InChI=1S/C18H15F2N3OS/c1-11(16(24)13-8-9-14(19)15(20)10-13)25-18-22-21-17(23(18)2)12-6-4-3-5-7-12/h3-11H,1-2H3/t11-/m0/s1. The van der Waals surface area contributed by atoms with Gasteiger partial charge in [-0.15, -0.1) is 10.2 Å². The second-order valence-electron chi connectivity index (χ2n) is 5.48. The second-order valence-corrected chi connectivity index (χ2v) is 6.79. The van der Waals surface area contributed by atoms with Crippen molar-refractivity contribution in [2.75, 3.05) is 0 Å². The van der Waals surface area contributed by atoms with Gasteiger partial charge in [-0.05, 0) is 25.1 Å². The largest absolute Gasteiger partial charge is 0.305 e. The lowest BCUT2D eigenvalue weighted by Gasteiger charge is -2.10. The molecule has 0 aliphatic rings. The van der Waals surface area contributed by atoms with Gasteiger partial charge in [-0.3, -0.25) is 4.79 Å². The summed E-state index contributed by atoms with van der Waals surface area (Å²) in [7, 11) is 1.82. The molecule has 0 fully saturated rings. The van der Waals surface area contributed by atoms with Crippen LogP contribution in [0.15, 0.2) is 53.7 Å². The highest BCUT2D eigenvalue weighted by Crippen LogP contribution is 2.27. The van der Waals surface area contributed by atoms with E-state index in [0.29, 0.717) is 11.0 Å². The van der Waals surface area contributed by atoms with Crippen molar-refractivity contribution in [1.82, 2.24) is 14.8 Å². The molecule has 0 unspecified atom stereocenters.